The van der Waals surface area contributed by atoms with Crippen molar-refractivity contribution in [3.63, 3.8) is 0 Å². The van der Waals surface area contributed by atoms with Gasteiger partial charge in [-0.25, -0.2) is 0 Å². The summed E-state index contributed by atoms with van der Waals surface area (Å²) in [6, 6.07) is 7.17. The molecule has 3 rings (SSSR count). The van der Waals surface area contributed by atoms with Crippen LogP contribution in [0.25, 0.3) is 0 Å². The number of amides is 1. The SMILES string of the molecule is CC1C(C(=O)O)CCN1C(=O)C1CNc2ccccc2O1. The minimum absolute atomic E-state index is 0.145. The number of anilines is 1. The maximum Gasteiger partial charge on any atom is 0.308 e. The van der Waals surface area contributed by atoms with Gasteiger partial charge >= 0.3 is 5.97 Å². The van der Waals surface area contributed by atoms with Crippen LogP contribution >= 0.6 is 0 Å². The number of nitrogens with one attached hydrogen (secondary N) is 1. The minimum Gasteiger partial charge on any atom is -0.481 e. The van der Waals surface area contributed by atoms with E-state index >= 15 is 0 Å². The fourth-order valence-corrected chi connectivity index (χ4v) is 3.02. The summed E-state index contributed by atoms with van der Waals surface area (Å²) < 4.78 is 5.75. The van der Waals surface area contributed by atoms with Gasteiger partial charge in [-0.15, -0.1) is 0 Å². The summed E-state index contributed by atoms with van der Waals surface area (Å²) >= 11 is 0. The molecular formula is C15H18N2O4. The highest BCUT2D eigenvalue weighted by atomic mass is 16.5. The summed E-state index contributed by atoms with van der Waals surface area (Å²) in [6.07, 6.45) is -0.103. The highest BCUT2D eigenvalue weighted by Gasteiger charge is 2.41. The van der Waals surface area contributed by atoms with E-state index in [2.05, 4.69) is 5.32 Å². The Labute approximate surface area is 122 Å². The van der Waals surface area contributed by atoms with E-state index in [-0.39, 0.29) is 11.9 Å². The van der Waals surface area contributed by atoms with Crippen molar-refractivity contribution >= 4 is 17.6 Å². The van der Waals surface area contributed by atoms with Crippen molar-refractivity contribution in [3.8, 4) is 5.75 Å². The van der Waals surface area contributed by atoms with Gasteiger partial charge in [-0.3, -0.25) is 9.59 Å². The second kappa shape index (κ2) is 5.27. The number of para-hydroxylation sites is 2. The summed E-state index contributed by atoms with van der Waals surface area (Å²) in [5, 5.41) is 12.3. The molecule has 3 unspecified atom stereocenters. The van der Waals surface area contributed by atoms with E-state index in [1.165, 1.54) is 0 Å². The second-order valence-corrected chi connectivity index (χ2v) is 5.49. The number of fused-ring (bicyclic) bond motifs is 1. The van der Waals surface area contributed by atoms with Gasteiger partial charge < -0.3 is 20.1 Å². The highest BCUT2D eigenvalue weighted by Crippen LogP contribution is 2.30. The molecule has 0 aromatic heterocycles. The summed E-state index contributed by atoms with van der Waals surface area (Å²) in [6.45, 7) is 2.66. The molecule has 1 amide bonds. The molecule has 21 heavy (non-hydrogen) atoms. The van der Waals surface area contributed by atoms with Gasteiger partial charge in [0.1, 0.15) is 5.75 Å². The minimum atomic E-state index is -0.842. The number of ether oxygens (including phenoxy) is 1. The molecule has 0 saturated carbocycles. The van der Waals surface area contributed by atoms with E-state index in [1.807, 2.05) is 24.3 Å². The third-order valence-corrected chi connectivity index (χ3v) is 4.26. The van der Waals surface area contributed by atoms with Crippen molar-refractivity contribution in [2.45, 2.75) is 25.5 Å². The molecule has 3 atom stereocenters. The predicted molar refractivity (Wildman–Crippen MR) is 76.3 cm³/mol. The molecule has 6 nitrogen and oxygen atoms in total. The Morgan fingerprint density at radius 2 is 2.14 bits per heavy atom. The average molecular weight is 290 g/mol. The van der Waals surface area contributed by atoms with E-state index in [0.717, 1.165) is 5.69 Å². The van der Waals surface area contributed by atoms with Gasteiger partial charge in [0.2, 0.25) is 0 Å². The second-order valence-electron chi connectivity index (χ2n) is 5.49. The lowest BCUT2D eigenvalue weighted by atomic mass is 10.0. The zero-order valence-electron chi connectivity index (χ0n) is 11.8. The van der Waals surface area contributed by atoms with Gasteiger partial charge in [0.05, 0.1) is 18.2 Å². The van der Waals surface area contributed by atoms with E-state index in [0.29, 0.717) is 25.3 Å². The fourth-order valence-electron chi connectivity index (χ4n) is 3.02. The van der Waals surface area contributed by atoms with Crippen LogP contribution in [0.1, 0.15) is 13.3 Å². The van der Waals surface area contributed by atoms with Crippen LogP contribution in [0.2, 0.25) is 0 Å². The molecular weight excluding hydrogens is 272 g/mol. The number of aliphatic carboxylic acids is 1. The van der Waals surface area contributed by atoms with Crippen molar-refractivity contribution in [1.29, 1.82) is 0 Å². The van der Waals surface area contributed by atoms with Crippen LogP contribution in [0, 0.1) is 5.92 Å². The molecule has 6 heteroatoms. The monoisotopic (exact) mass is 290 g/mol. The number of benzene rings is 1. The maximum absolute atomic E-state index is 12.6. The zero-order valence-corrected chi connectivity index (χ0v) is 11.8. The van der Waals surface area contributed by atoms with Crippen LogP contribution in [0.3, 0.4) is 0 Å². The Kier molecular flexibility index (Phi) is 3.45. The molecule has 0 spiro atoms. The van der Waals surface area contributed by atoms with Gasteiger partial charge in [-0.1, -0.05) is 12.1 Å². The molecule has 2 heterocycles. The smallest absolute Gasteiger partial charge is 0.308 e. The molecule has 2 aliphatic rings. The largest absolute Gasteiger partial charge is 0.481 e. The lowest BCUT2D eigenvalue weighted by molar-refractivity contribution is -0.144. The molecule has 0 bridgehead atoms. The first-order valence-electron chi connectivity index (χ1n) is 7.11. The Hall–Kier alpha value is -2.24. The first kappa shape index (κ1) is 13.7. The molecule has 1 fully saturated rings. The molecule has 112 valence electrons. The predicted octanol–water partition coefficient (Wildman–Crippen LogP) is 1.18. The Morgan fingerprint density at radius 3 is 2.86 bits per heavy atom. The number of nitrogens with zero attached hydrogens (tertiary/aromatic N) is 1. The highest BCUT2D eigenvalue weighted by molar-refractivity contribution is 5.85. The number of hydrogen-bond acceptors (Lipinski definition) is 4. The van der Waals surface area contributed by atoms with E-state index < -0.39 is 18.0 Å². The summed E-state index contributed by atoms with van der Waals surface area (Å²) in [5.41, 5.74) is 0.874. The third-order valence-electron chi connectivity index (χ3n) is 4.26. The zero-order chi connectivity index (χ0) is 15.0. The molecule has 0 aliphatic carbocycles. The Balaban J connectivity index is 1.71. The lowest BCUT2D eigenvalue weighted by Crippen LogP contribution is -2.49. The number of carbonyl (C=O) groups is 2. The van der Waals surface area contributed by atoms with Crippen LogP contribution in [-0.2, 0) is 9.59 Å². The van der Waals surface area contributed by atoms with Gasteiger partial charge in [0.25, 0.3) is 5.91 Å². The first-order valence-corrected chi connectivity index (χ1v) is 7.11. The number of likely N-dealkylation sites (tertiary alicyclic amines) is 1. The van der Waals surface area contributed by atoms with Gasteiger partial charge in [0.15, 0.2) is 6.10 Å². The fraction of sp³-hybridized carbons (Fsp3) is 0.467. The lowest BCUT2D eigenvalue weighted by Gasteiger charge is -2.31. The van der Waals surface area contributed by atoms with E-state index in [1.54, 1.807) is 11.8 Å². The normalized spacial score (nSPS) is 27.5. The number of carboxylic acids is 1. The summed E-state index contributed by atoms with van der Waals surface area (Å²) in [7, 11) is 0. The van der Waals surface area contributed by atoms with Crippen LogP contribution in [-0.4, -0.2) is 47.1 Å². The number of hydrogen-bond donors (Lipinski definition) is 2. The Bertz CT molecular complexity index is 575. The molecule has 1 saturated heterocycles. The van der Waals surface area contributed by atoms with Gasteiger partial charge in [0, 0.05) is 12.6 Å². The molecule has 1 aromatic carbocycles. The summed E-state index contributed by atoms with van der Waals surface area (Å²) in [5.74, 6) is -0.819. The van der Waals surface area contributed by atoms with Crippen molar-refractivity contribution in [1.82, 2.24) is 4.90 Å². The van der Waals surface area contributed by atoms with Crippen molar-refractivity contribution in [3.05, 3.63) is 24.3 Å². The standard InChI is InChI=1S/C15H18N2O4/c1-9-10(15(19)20)6-7-17(9)14(18)13-8-16-11-4-2-3-5-12(11)21-13/h2-5,9-10,13,16H,6-8H2,1H3,(H,19,20). The van der Waals surface area contributed by atoms with E-state index in [9.17, 15) is 9.59 Å². The molecule has 0 radical (unpaired) electrons. The van der Waals surface area contributed by atoms with Crippen molar-refractivity contribution in [2.75, 3.05) is 18.4 Å². The molecule has 2 N–H and O–H groups in total. The first-order chi connectivity index (χ1) is 10.1. The van der Waals surface area contributed by atoms with Crippen LogP contribution in [0.4, 0.5) is 5.69 Å². The molecule has 1 aromatic rings. The quantitative estimate of drug-likeness (QED) is 0.855. The van der Waals surface area contributed by atoms with Crippen molar-refractivity contribution in [2.24, 2.45) is 5.92 Å². The van der Waals surface area contributed by atoms with Crippen LogP contribution in [0.15, 0.2) is 24.3 Å². The topological polar surface area (TPSA) is 78.9 Å². The summed E-state index contributed by atoms with van der Waals surface area (Å²) in [4.78, 5) is 25.3. The number of rotatable bonds is 2. The van der Waals surface area contributed by atoms with Crippen LogP contribution in [0.5, 0.6) is 5.75 Å². The van der Waals surface area contributed by atoms with Gasteiger partial charge in [-0.05, 0) is 25.5 Å². The van der Waals surface area contributed by atoms with E-state index in [4.69, 9.17) is 9.84 Å². The number of carboxylic acid groups (broad SMARTS) is 1. The number of carbonyl (C=O) groups excluding carboxylic acids is 1. The van der Waals surface area contributed by atoms with Crippen LogP contribution < -0.4 is 10.1 Å². The third kappa shape index (κ3) is 2.41. The average Bonchev–Trinajstić information content (AvgIpc) is 2.88. The van der Waals surface area contributed by atoms with Gasteiger partial charge in [-0.2, -0.15) is 0 Å². The molecule has 2 aliphatic heterocycles. The Morgan fingerprint density at radius 1 is 1.38 bits per heavy atom. The maximum atomic E-state index is 12.6. The van der Waals surface area contributed by atoms with Crippen molar-refractivity contribution < 1.29 is 19.4 Å².